The van der Waals surface area contributed by atoms with Crippen molar-refractivity contribution in [3.8, 4) is 0 Å². The normalized spacial score (nSPS) is 10.6. The molecule has 0 fully saturated rings. The van der Waals surface area contributed by atoms with E-state index in [-0.39, 0.29) is 5.82 Å². The van der Waals surface area contributed by atoms with Gasteiger partial charge in [0.2, 0.25) is 0 Å². The minimum absolute atomic E-state index is 0.358. The average molecular weight is 474 g/mol. The third kappa shape index (κ3) is 4.94. The number of aromatic nitrogens is 2. The Balaban J connectivity index is 1.63. The van der Waals surface area contributed by atoms with Crippen molar-refractivity contribution in [3.05, 3.63) is 74.7 Å². The molecular formula is C17H12BrCl2FN4S. The number of thiocarbonyl (C=S) groups is 1. The van der Waals surface area contributed by atoms with Gasteiger partial charge in [-0.2, -0.15) is 5.10 Å². The Kier molecular flexibility index (Phi) is 6.13. The molecule has 26 heavy (non-hydrogen) atoms. The fourth-order valence-electron chi connectivity index (χ4n) is 2.21. The van der Waals surface area contributed by atoms with E-state index in [1.165, 1.54) is 12.1 Å². The van der Waals surface area contributed by atoms with Crippen molar-refractivity contribution in [3.63, 3.8) is 0 Å². The maximum atomic E-state index is 13.1. The number of nitrogens with one attached hydrogen (secondary N) is 2. The van der Waals surface area contributed by atoms with Crippen LogP contribution in [0.1, 0.15) is 5.56 Å². The van der Waals surface area contributed by atoms with Crippen molar-refractivity contribution in [2.75, 3.05) is 10.6 Å². The number of halogens is 4. The number of benzene rings is 2. The summed E-state index contributed by atoms with van der Waals surface area (Å²) in [4.78, 5) is 0. The molecule has 0 amide bonds. The van der Waals surface area contributed by atoms with Crippen LogP contribution in [0, 0.1) is 5.82 Å². The summed E-state index contributed by atoms with van der Waals surface area (Å²) in [6, 6.07) is 9.73. The molecule has 134 valence electrons. The lowest BCUT2D eigenvalue weighted by Gasteiger charge is -2.10. The Morgan fingerprint density at radius 3 is 2.69 bits per heavy atom. The van der Waals surface area contributed by atoms with Crippen LogP contribution >= 0.6 is 51.3 Å². The molecule has 0 spiro atoms. The number of hydrogen-bond donors (Lipinski definition) is 2. The van der Waals surface area contributed by atoms with E-state index in [1.54, 1.807) is 29.2 Å². The monoisotopic (exact) mass is 472 g/mol. The number of anilines is 2. The highest BCUT2D eigenvalue weighted by molar-refractivity contribution is 9.10. The topological polar surface area (TPSA) is 41.9 Å². The second-order valence-electron chi connectivity index (χ2n) is 5.37. The number of nitrogens with zero attached hydrogens (tertiary/aromatic N) is 2. The Labute approximate surface area is 173 Å². The zero-order valence-corrected chi connectivity index (χ0v) is 17.1. The summed E-state index contributed by atoms with van der Waals surface area (Å²) in [5.41, 5.74) is 2.16. The Morgan fingerprint density at radius 2 is 1.96 bits per heavy atom. The van der Waals surface area contributed by atoms with Crippen molar-refractivity contribution in [2.24, 2.45) is 0 Å². The molecule has 9 heteroatoms. The van der Waals surface area contributed by atoms with Gasteiger partial charge in [-0.15, -0.1) is 0 Å². The van der Waals surface area contributed by atoms with Gasteiger partial charge in [-0.1, -0.05) is 45.2 Å². The summed E-state index contributed by atoms with van der Waals surface area (Å²) >= 11 is 20.9. The van der Waals surface area contributed by atoms with Gasteiger partial charge in [0.25, 0.3) is 0 Å². The molecule has 0 bridgehead atoms. The summed E-state index contributed by atoms with van der Waals surface area (Å²) < 4.78 is 15.7. The molecule has 3 aromatic rings. The SMILES string of the molecule is Fc1ccc(Cn2cc(NC(=S)Nc3ccc(Br)cc3Cl)cn2)c(Cl)c1. The van der Waals surface area contributed by atoms with Crippen molar-refractivity contribution in [1.29, 1.82) is 0 Å². The highest BCUT2D eigenvalue weighted by Crippen LogP contribution is 2.26. The van der Waals surface area contributed by atoms with E-state index < -0.39 is 0 Å². The van der Waals surface area contributed by atoms with Gasteiger partial charge < -0.3 is 10.6 Å². The van der Waals surface area contributed by atoms with Crippen LogP contribution in [0.4, 0.5) is 15.8 Å². The maximum absolute atomic E-state index is 13.1. The predicted octanol–water partition coefficient (Wildman–Crippen LogP) is 5.95. The molecule has 1 heterocycles. The van der Waals surface area contributed by atoms with E-state index in [4.69, 9.17) is 35.4 Å². The predicted molar refractivity (Wildman–Crippen MR) is 112 cm³/mol. The van der Waals surface area contributed by atoms with Gasteiger partial charge in [-0.3, -0.25) is 4.68 Å². The molecule has 0 saturated carbocycles. The van der Waals surface area contributed by atoms with Crippen LogP contribution in [0.15, 0.2) is 53.3 Å². The molecule has 0 atom stereocenters. The minimum Gasteiger partial charge on any atom is -0.331 e. The van der Waals surface area contributed by atoms with Crippen LogP contribution in [0.3, 0.4) is 0 Å². The zero-order valence-electron chi connectivity index (χ0n) is 13.1. The summed E-state index contributed by atoms with van der Waals surface area (Å²) in [7, 11) is 0. The van der Waals surface area contributed by atoms with Crippen molar-refractivity contribution in [2.45, 2.75) is 6.54 Å². The molecule has 0 saturated heterocycles. The summed E-state index contributed by atoms with van der Waals surface area (Å²) in [6.07, 6.45) is 3.41. The molecule has 0 aliphatic heterocycles. The van der Waals surface area contributed by atoms with E-state index in [9.17, 15) is 4.39 Å². The Bertz CT molecular complexity index is 964. The third-order valence-corrected chi connectivity index (χ3v) is 4.78. The number of rotatable bonds is 4. The second kappa shape index (κ2) is 8.35. The molecule has 4 nitrogen and oxygen atoms in total. The molecule has 0 unspecified atom stereocenters. The molecule has 0 aliphatic rings. The highest BCUT2D eigenvalue weighted by atomic mass is 79.9. The molecule has 0 aliphatic carbocycles. The quantitative estimate of drug-likeness (QED) is 0.459. The fraction of sp³-hybridized carbons (Fsp3) is 0.0588. The zero-order chi connectivity index (χ0) is 18.7. The van der Waals surface area contributed by atoms with Gasteiger partial charge in [0.05, 0.1) is 29.1 Å². The first-order chi connectivity index (χ1) is 12.4. The van der Waals surface area contributed by atoms with Crippen LogP contribution in [0.25, 0.3) is 0 Å². The van der Waals surface area contributed by atoms with Gasteiger partial charge in [-0.05, 0) is 48.1 Å². The van der Waals surface area contributed by atoms with Gasteiger partial charge in [0.1, 0.15) is 5.82 Å². The third-order valence-electron chi connectivity index (χ3n) is 3.42. The van der Waals surface area contributed by atoms with Crippen molar-refractivity contribution in [1.82, 2.24) is 9.78 Å². The Hall–Kier alpha value is -1.67. The van der Waals surface area contributed by atoms with Gasteiger partial charge >= 0.3 is 0 Å². The molecule has 2 aromatic carbocycles. The minimum atomic E-state index is -0.371. The van der Waals surface area contributed by atoms with Crippen LogP contribution in [0.5, 0.6) is 0 Å². The molecule has 2 N–H and O–H groups in total. The second-order valence-corrected chi connectivity index (χ2v) is 7.50. The first-order valence-corrected chi connectivity index (χ1v) is 9.36. The van der Waals surface area contributed by atoms with E-state index in [1.807, 2.05) is 12.1 Å². The summed E-state index contributed by atoms with van der Waals surface area (Å²) in [6.45, 7) is 0.416. The summed E-state index contributed by atoms with van der Waals surface area (Å²) in [5.74, 6) is -0.371. The molecule has 3 rings (SSSR count). The van der Waals surface area contributed by atoms with Crippen LogP contribution < -0.4 is 10.6 Å². The Morgan fingerprint density at radius 1 is 1.15 bits per heavy atom. The lowest BCUT2D eigenvalue weighted by Crippen LogP contribution is -2.19. The highest BCUT2D eigenvalue weighted by Gasteiger charge is 2.07. The van der Waals surface area contributed by atoms with Crippen LogP contribution in [-0.4, -0.2) is 14.9 Å². The van der Waals surface area contributed by atoms with Gasteiger partial charge in [0.15, 0.2) is 5.11 Å². The van der Waals surface area contributed by atoms with Crippen molar-refractivity contribution >= 4 is 67.8 Å². The summed E-state index contributed by atoms with van der Waals surface area (Å²) in [5, 5.41) is 11.6. The lowest BCUT2D eigenvalue weighted by molar-refractivity contribution is 0.624. The lowest BCUT2D eigenvalue weighted by atomic mass is 10.2. The smallest absolute Gasteiger partial charge is 0.175 e. The molecule has 0 radical (unpaired) electrons. The van der Waals surface area contributed by atoms with Gasteiger partial charge in [-0.25, -0.2) is 4.39 Å². The maximum Gasteiger partial charge on any atom is 0.175 e. The number of hydrogen-bond acceptors (Lipinski definition) is 2. The van der Waals surface area contributed by atoms with Crippen LogP contribution in [-0.2, 0) is 6.54 Å². The first kappa shape index (κ1) is 19.1. The van der Waals surface area contributed by atoms with E-state index in [0.29, 0.717) is 33.1 Å². The average Bonchev–Trinajstić information content (AvgIpc) is 3.00. The van der Waals surface area contributed by atoms with E-state index in [0.717, 1.165) is 10.0 Å². The van der Waals surface area contributed by atoms with Crippen molar-refractivity contribution < 1.29 is 4.39 Å². The van der Waals surface area contributed by atoms with E-state index >= 15 is 0 Å². The van der Waals surface area contributed by atoms with E-state index in [2.05, 4.69) is 31.7 Å². The standard InChI is InChI=1S/C17H12BrCl2FN4S/c18-11-2-4-16(15(20)5-11)24-17(26)23-13-7-22-25(9-13)8-10-1-3-12(21)6-14(10)19/h1-7,9H,8H2,(H2,23,24,26). The molecule has 1 aromatic heterocycles. The fourth-order valence-corrected chi connectivity index (χ4v) is 3.39. The van der Waals surface area contributed by atoms with Gasteiger partial charge in [0, 0.05) is 15.7 Å². The molecular weight excluding hydrogens is 462 g/mol. The largest absolute Gasteiger partial charge is 0.331 e. The van der Waals surface area contributed by atoms with Crippen LogP contribution in [0.2, 0.25) is 10.0 Å². The first-order valence-electron chi connectivity index (χ1n) is 7.40.